The number of hydrogen-bond donors (Lipinski definition) is 1. The van der Waals surface area contributed by atoms with Crippen molar-refractivity contribution in [3.8, 4) is 0 Å². The van der Waals surface area contributed by atoms with Crippen LogP contribution in [0.4, 0.5) is 0 Å². The predicted molar refractivity (Wildman–Crippen MR) is 88.4 cm³/mol. The van der Waals surface area contributed by atoms with Crippen LogP contribution in [-0.4, -0.2) is 12.5 Å². The van der Waals surface area contributed by atoms with Crippen molar-refractivity contribution in [2.75, 3.05) is 6.61 Å². The van der Waals surface area contributed by atoms with Gasteiger partial charge < -0.3 is 10.1 Å². The lowest BCUT2D eigenvalue weighted by Crippen LogP contribution is -2.22. The van der Waals surface area contributed by atoms with Gasteiger partial charge in [0.1, 0.15) is 0 Å². The van der Waals surface area contributed by atoms with E-state index in [9.17, 15) is 4.79 Å². The Kier molecular flexibility index (Phi) is 6.65. The molecule has 0 heterocycles. The van der Waals surface area contributed by atoms with E-state index in [1.165, 1.54) is 11.1 Å². The Labute approximate surface area is 132 Å². The summed E-state index contributed by atoms with van der Waals surface area (Å²) in [6.45, 7) is 3.75. The van der Waals surface area contributed by atoms with Crippen LogP contribution in [0.5, 0.6) is 0 Å². The molecule has 0 radical (unpaired) electrons. The molecule has 0 unspecified atom stereocenters. The lowest BCUT2D eigenvalue weighted by Gasteiger charge is -2.11. The van der Waals surface area contributed by atoms with E-state index in [2.05, 4.69) is 29.6 Å². The molecule has 2 aromatic rings. The van der Waals surface area contributed by atoms with E-state index >= 15 is 0 Å². The van der Waals surface area contributed by atoms with E-state index in [1.807, 2.05) is 37.3 Å². The van der Waals surface area contributed by atoms with Crippen LogP contribution in [0.2, 0.25) is 0 Å². The number of benzene rings is 2. The van der Waals surface area contributed by atoms with Crippen molar-refractivity contribution in [2.45, 2.75) is 32.9 Å². The zero-order valence-electron chi connectivity index (χ0n) is 13.0. The summed E-state index contributed by atoms with van der Waals surface area (Å²) >= 11 is 0. The number of carbonyl (C=O) groups is 1. The van der Waals surface area contributed by atoms with Crippen molar-refractivity contribution in [3.63, 3.8) is 0 Å². The number of hydrogen-bond acceptors (Lipinski definition) is 2. The molecule has 0 spiro atoms. The average molecular weight is 297 g/mol. The molecule has 0 saturated carbocycles. The average Bonchev–Trinajstić information content (AvgIpc) is 2.58. The van der Waals surface area contributed by atoms with Crippen LogP contribution in [0, 0.1) is 0 Å². The Bertz CT molecular complexity index is 581. The van der Waals surface area contributed by atoms with Crippen LogP contribution < -0.4 is 5.32 Å². The van der Waals surface area contributed by atoms with Gasteiger partial charge in [-0.05, 0) is 23.1 Å². The van der Waals surface area contributed by atoms with Crippen molar-refractivity contribution in [3.05, 3.63) is 71.3 Å². The van der Waals surface area contributed by atoms with Gasteiger partial charge in [0.05, 0.1) is 13.2 Å². The van der Waals surface area contributed by atoms with E-state index in [4.69, 9.17) is 4.74 Å². The predicted octanol–water partition coefficient (Wildman–Crippen LogP) is 3.47. The minimum Gasteiger partial charge on any atom is -0.376 e. The highest BCUT2D eigenvalue weighted by Crippen LogP contribution is 2.10. The van der Waals surface area contributed by atoms with Crippen LogP contribution >= 0.6 is 0 Å². The summed E-state index contributed by atoms with van der Waals surface area (Å²) in [7, 11) is 0. The molecule has 22 heavy (non-hydrogen) atoms. The molecular formula is C19H23NO2. The Hall–Kier alpha value is -2.13. The normalized spacial score (nSPS) is 10.4. The summed E-state index contributed by atoms with van der Waals surface area (Å²) in [4.78, 5) is 11.4. The standard InChI is InChI=1S/C19H23NO2/c1-2-19(21)20-14-18-11-7-6-10-17(18)12-13-22-15-16-8-4-3-5-9-16/h3-11H,2,12-15H2,1H3,(H,20,21). The van der Waals surface area contributed by atoms with Crippen molar-refractivity contribution in [2.24, 2.45) is 0 Å². The molecule has 0 saturated heterocycles. The van der Waals surface area contributed by atoms with Crippen LogP contribution in [0.1, 0.15) is 30.0 Å². The summed E-state index contributed by atoms with van der Waals surface area (Å²) < 4.78 is 5.74. The van der Waals surface area contributed by atoms with Gasteiger partial charge in [-0.1, -0.05) is 61.5 Å². The molecule has 0 bridgehead atoms. The Morgan fingerprint density at radius 2 is 1.68 bits per heavy atom. The van der Waals surface area contributed by atoms with E-state index in [0.717, 1.165) is 12.0 Å². The molecule has 0 aromatic heterocycles. The fourth-order valence-corrected chi connectivity index (χ4v) is 2.24. The Balaban J connectivity index is 1.80. The molecule has 1 N–H and O–H groups in total. The van der Waals surface area contributed by atoms with Crippen molar-refractivity contribution >= 4 is 5.91 Å². The second kappa shape index (κ2) is 9.00. The van der Waals surface area contributed by atoms with Gasteiger partial charge in [-0.15, -0.1) is 0 Å². The first kappa shape index (κ1) is 16.2. The molecule has 0 atom stereocenters. The monoisotopic (exact) mass is 297 g/mol. The summed E-state index contributed by atoms with van der Waals surface area (Å²) in [5, 5.41) is 2.93. The lowest BCUT2D eigenvalue weighted by atomic mass is 10.0. The first-order valence-electron chi connectivity index (χ1n) is 7.74. The van der Waals surface area contributed by atoms with Gasteiger partial charge in [0.25, 0.3) is 0 Å². The zero-order chi connectivity index (χ0) is 15.6. The van der Waals surface area contributed by atoms with Gasteiger partial charge in [-0.2, -0.15) is 0 Å². The fraction of sp³-hybridized carbons (Fsp3) is 0.316. The van der Waals surface area contributed by atoms with Crippen molar-refractivity contribution in [1.82, 2.24) is 5.32 Å². The maximum Gasteiger partial charge on any atom is 0.219 e. The molecule has 0 aliphatic rings. The van der Waals surface area contributed by atoms with Crippen LogP contribution in [0.15, 0.2) is 54.6 Å². The Morgan fingerprint density at radius 1 is 1.00 bits per heavy atom. The highest BCUT2D eigenvalue weighted by molar-refractivity contribution is 5.75. The highest BCUT2D eigenvalue weighted by Gasteiger charge is 2.04. The van der Waals surface area contributed by atoms with E-state index in [1.54, 1.807) is 0 Å². The molecule has 2 aromatic carbocycles. The largest absolute Gasteiger partial charge is 0.376 e. The number of amides is 1. The zero-order valence-corrected chi connectivity index (χ0v) is 13.0. The molecule has 0 aliphatic carbocycles. The van der Waals surface area contributed by atoms with E-state index in [-0.39, 0.29) is 5.91 Å². The van der Waals surface area contributed by atoms with Gasteiger partial charge >= 0.3 is 0 Å². The lowest BCUT2D eigenvalue weighted by molar-refractivity contribution is -0.120. The SMILES string of the molecule is CCC(=O)NCc1ccccc1CCOCc1ccccc1. The van der Waals surface area contributed by atoms with Gasteiger partial charge in [-0.3, -0.25) is 4.79 Å². The quantitative estimate of drug-likeness (QED) is 0.758. The topological polar surface area (TPSA) is 38.3 Å². The van der Waals surface area contributed by atoms with E-state index in [0.29, 0.717) is 26.2 Å². The molecule has 116 valence electrons. The third kappa shape index (κ3) is 5.34. The van der Waals surface area contributed by atoms with Crippen LogP contribution in [0.25, 0.3) is 0 Å². The first-order valence-corrected chi connectivity index (χ1v) is 7.74. The molecule has 0 fully saturated rings. The number of nitrogens with one attached hydrogen (secondary N) is 1. The summed E-state index contributed by atoms with van der Waals surface area (Å²) in [6.07, 6.45) is 1.37. The maximum atomic E-state index is 11.4. The minimum atomic E-state index is 0.0788. The second-order valence-electron chi connectivity index (χ2n) is 5.19. The number of carbonyl (C=O) groups excluding carboxylic acids is 1. The molecular weight excluding hydrogens is 274 g/mol. The summed E-state index contributed by atoms with van der Waals surface area (Å²) in [5.41, 5.74) is 3.57. The summed E-state index contributed by atoms with van der Waals surface area (Å²) in [6, 6.07) is 18.4. The number of rotatable bonds is 8. The van der Waals surface area contributed by atoms with Crippen LogP contribution in [-0.2, 0) is 29.1 Å². The molecule has 2 rings (SSSR count). The molecule has 1 amide bonds. The van der Waals surface area contributed by atoms with E-state index < -0.39 is 0 Å². The fourth-order valence-electron chi connectivity index (χ4n) is 2.24. The highest BCUT2D eigenvalue weighted by atomic mass is 16.5. The third-order valence-electron chi connectivity index (χ3n) is 3.54. The van der Waals surface area contributed by atoms with Gasteiger partial charge in [0.2, 0.25) is 5.91 Å². The maximum absolute atomic E-state index is 11.4. The minimum absolute atomic E-state index is 0.0788. The van der Waals surface area contributed by atoms with Crippen molar-refractivity contribution < 1.29 is 9.53 Å². The Morgan fingerprint density at radius 3 is 2.41 bits per heavy atom. The smallest absolute Gasteiger partial charge is 0.219 e. The van der Waals surface area contributed by atoms with Gasteiger partial charge in [0, 0.05) is 13.0 Å². The second-order valence-corrected chi connectivity index (χ2v) is 5.19. The molecule has 3 nitrogen and oxygen atoms in total. The third-order valence-corrected chi connectivity index (χ3v) is 3.54. The van der Waals surface area contributed by atoms with Gasteiger partial charge in [0.15, 0.2) is 0 Å². The van der Waals surface area contributed by atoms with Gasteiger partial charge in [-0.25, -0.2) is 0 Å². The first-order chi connectivity index (χ1) is 10.8. The van der Waals surface area contributed by atoms with Crippen molar-refractivity contribution in [1.29, 1.82) is 0 Å². The number of ether oxygens (including phenoxy) is 1. The van der Waals surface area contributed by atoms with Crippen LogP contribution in [0.3, 0.4) is 0 Å². The molecule has 3 heteroatoms. The molecule has 0 aliphatic heterocycles. The summed E-state index contributed by atoms with van der Waals surface area (Å²) in [5.74, 6) is 0.0788.